The quantitative estimate of drug-likeness (QED) is 0.890. The van der Waals surface area contributed by atoms with E-state index in [-0.39, 0.29) is 6.04 Å². The summed E-state index contributed by atoms with van der Waals surface area (Å²) < 4.78 is 0. The molecule has 0 saturated heterocycles. The third kappa shape index (κ3) is 3.14. The van der Waals surface area contributed by atoms with Crippen molar-refractivity contribution in [2.75, 3.05) is 11.9 Å². The first kappa shape index (κ1) is 14.9. The lowest BCUT2D eigenvalue weighted by Gasteiger charge is -2.28. The van der Waals surface area contributed by atoms with Gasteiger partial charge in [0.15, 0.2) is 0 Å². The fourth-order valence-corrected chi connectivity index (χ4v) is 2.53. The molecule has 0 aliphatic carbocycles. The molecule has 2 unspecified atom stereocenters. The van der Waals surface area contributed by atoms with Gasteiger partial charge in [-0.2, -0.15) is 0 Å². The van der Waals surface area contributed by atoms with Gasteiger partial charge in [-0.1, -0.05) is 41.9 Å². The number of rotatable bonds is 4. The summed E-state index contributed by atoms with van der Waals surface area (Å²) in [6.45, 7) is 3.90. The Labute approximate surface area is 125 Å². The minimum absolute atomic E-state index is 0.182. The molecule has 20 heavy (non-hydrogen) atoms. The minimum atomic E-state index is -0.435. The van der Waals surface area contributed by atoms with Crippen molar-refractivity contribution < 1.29 is 5.11 Å². The van der Waals surface area contributed by atoms with Crippen molar-refractivity contribution in [2.45, 2.75) is 26.0 Å². The molecule has 0 aliphatic heterocycles. The van der Waals surface area contributed by atoms with Gasteiger partial charge < -0.3 is 10.0 Å². The molecule has 2 aromatic rings. The zero-order valence-corrected chi connectivity index (χ0v) is 12.8. The summed E-state index contributed by atoms with van der Waals surface area (Å²) in [6.07, 6.45) is -0.435. The van der Waals surface area contributed by atoms with Crippen LogP contribution in [0.2, 0.25) is 5.02 Å². The molecule has 2 nitrogen and oxygen atoms in total. The normalized spacial score (nSPS) is 13.8. The van der Waals surface area contributed by atoms with Crippen LogP contribution in [0, 0.1) is 0 Å². The largest absolute Gasteiger partial charge is 0.389 e. The van der Waals surface area contributed by atoms with E-state index < -0.39 is 6.10 Å². The number of hydrogen-bond donors (Lipinski definition) is 1. The molecule has 0 bridgehead atoms. The highest BCUT2D eigenvalue weighted by atomic mass is 35.5. The SMILES string of the molecule is CC(O)c1ccc(N(C)C(C)c2ccccc2Cl)cc1. The first-order chi connectivity index (χ1) is 9.50. The molecular formula is C17H20ClNO. The lowest BCUT2D eigenvalue weighted by atomic mass is 10.1. The zero-order chi connectivity index (χ0) is 14.7. The smallest absolute Gasteiger partial charge is 0.0761 e. The molecule has 0 amide bonds. The predicted molar refractivity (Wildman–Crippen MR) is 85.3 cm³/mol. The average molecular weight is 290 g/mol. The maximum atomic E-state index is 9.55. The van der Waals surface area contributed by atoms with Gasteiger partial charge in [-0.3, -0.25) is 0 Å². The molecule has 0 fully saturated rings. The van der Waals surface area contributed by atoms with Gasteiger partial charge in [-0.25, -0.2) is 0 Å². The number of benzene rings is 2. The van der Waals surface area contributed by atoms with E-state index in [0.717, 1.165) is 21.8 Å². The molecule has 1 N–H and O–H groups in total. The average Bonchev–Trinajstić information content (AvgIpc) is 2.46. The topological polar surface area (TPSA) is 23.5 Å². The standard InChI is InChI=1S/C17H20ClNO/c1-12(16-6-4-5-7-17(16)18)19(3)15-10-8-14(9-11-15)13(2)20/h4-13,20H,1-3H3. The second-order valence-electron chi connectivity index (χ2n) is 5.08. The van der Waals surface area contributed by atoms with E-state index in [2.05, 4.69) is 11.8 Å². The van der Waals surface area contributed by atoms with Gasteiger partial charge in [-0.15, -0.1) is 0 Å². The Morgan fingerprint density at radius 1 is 1.00 bits per heavy atom. The van der Waals surface area contributed by atoms with Crippen molar-refractivity contribution in [1.82, 2.24) is 0 Å². The zero-order valence-electron chi connectivity index (χ0n) is 12.0. The number of nitrogens with zero attached hydrogens (tertiary/aromatic N) is 1. The van der Waals surface area contributed by atoms with Crippen molar-refractivity contribution in [3.8, 4) is 0 Å². The molecule has 0 radical (unpaired) electrons. The molecule has 2 aromatic carbocycles. The third-order valence-electron chi connectivity index (χ3n) is 3.72. The van der Waals surface area contributed by atoms with Gasteiger partial charge in [0.2, 0.25) is 0 Å². The van der Waals surface area contributed by atoms with Gasteiger partial charge >= 0.3 is 0 Å². The van der Waals surface area contributed by atoms with Crippen LogP contribution in [-0.4, -0.2) is 12.2 Å². The Bertz CT molecular complexity index is 565. The second kappa shape index (κ2) is 6.29. The lowest BCUT2D eigenvalue weighted by Crippen LogP contribution is -2.21. The third-order valence-corrected chi connectivity index (χ3v) is 4.06. The molecular weight excluding hydrogens is 270 g/mol. The molecule has 0 aliphatic rings. The van der Waals surface area contributed by atoms with E-state index in [1.807, 2.05) is 55.6 Å². The predicted octanol–water partition coefficient (Wildman–Crippen LogP) is 4.59. The fraction of sp³-hybridized carbons (Fsp3) is 0.294. The Kier molecular flexibility index (Phi) is 4.69. The van der Waals surface area contributed by atoms with Crippen LogP contribution in [0.3, 0.4) is 0 Å². The molecule has 106 valence electrons. The summed E-state index contributed by atoms with van der Waals surface area (Å²) in [5, 5.41) is 10.3. The van der Waals surface area contributed by atoms with Crippen molar-refractivity contribution in [1.29, 1.82) is 0 Å². The fourth-order valence-electron chi connectivity index (χ4n) is 2.23. The Morgan fingerprint density at radius 2 is 1.60 bits per heavy atom. The van der Waals surface area contributed by atoms with E-state index in [1.54, 1.807) is 6.92 Å². The highest BCUT2D eigenvalue weighted by molar-refractivity contribution is 6.31. The molecule has 0 spiro atoms. The van der Waals surface area contributed by atoms with Gasteiger partial charge in [0, 0.05) is 17.8 Å². The van der Waals surface area contributed by atoms with Crippen molar-refractivity contribution in [3.63, 3.8) is 0 Å². The number of aliphatic hydroxyl groups excluding tert-OH is 1. The summed E-state index contributed by atoms with van der Waals surface area (Å²) in [7, 11) is 2.05. The van der Waals surface area contributed by atoms with Crippen molar-refractivity contribution >= 4 is 17.3 Å². The second-order valence-corrected chi connectivity index (χ2v) is 5.48. The van der Waals surface area contributed by atoms with E-state index in [9.17, 15) is 5.11 Å². The van der Waals surface area contributed by atoms with Crippen LogP contribution in [-0.2, 0) is 0 Å². The van der Waals surface area contributed by atoms with E-state index in [4.69, 9.17) is 11.6 Å². The molecule has 0 aromatic heterocycles. The van der Waals surface area contributed by atoms with E-state index in [0.29, 0.717) is 0 Å². The van der Waals surface area contributed by atoms with Crippen LogP contribution in [0.25, 0.3) is 0 Å². The molecule has 0 saturated carbocycles. The maximum absolute atomic E-state index is 9.55. The van der Waals surface area contributed by atoms with Gasteiger partial charge in [0.25, 0.3) is 0 Å². The molecule has 0 heterocycles. The van der Waals surface area contributed by atoms with Gasteiger partial charge in [0.1, 0.15) is 0 Å². The van der Waals surface area contributed by atoms with Crippen LogP contribution < -0.4 is 4.90 Å². The number of aliphatic hydroxyl groups is 1. The van der Waals surface area contributed by atoms with Crippen LogP contribution in [0.4, 0.5) is 5.69 Å². The Morgan fingerprint density at radius 3 is 2.15 bits per heavy atom. The maximum Gasteiger partial charge on any atom is 0.0761 e. The van der Waals surface area contributed by atoms with Crippen LogP contribution >= 0.6 is 11.6 Å². The van der Waals surface area contributed by atoms with Crippen molar-refractivity contribution in [3.05, 3.63) is 64.7 Å². The van der Waals surface area contributed by atoms with E-state index in [1.165, 1.54) is 0 Å². The van der Waals surface area contributed by atoms with E-state index >= 15 is 0 Å². The monoisotopic (exact) mass is 289 g/mol. The molecule has 3 heteroatoms. The molecule has 2 atom stereocenters. The lowest BCUT2D eigenvalue weighted by molar-refractivity contribution is 0.199. The Hall–Kier alpha value is -1.51. The van der Waals surface area contributed by atoms with Crippen LogP contribution in [0.5, 0.6) is 0 Å². The van der Waals surface area contributed by atoms with Gasteiger partial charge in [-0.05, 0) is 43.2 Å². The van der Waals surface area contributed by atoms with Gasteiger partial charge in [0.05, 0.1) is 12.1 Å². The summed E-state index contributed by atoms with van der Waals surface area (Å²) in [5.41, 5.74) is 3.13. The summed E-state index contributed by atoms with van der Waals surface area (Å²) in [6, 6.07) is 16.0. The van der Waals surface area contributed by atoms with Crippen molar-refractivity contribution in [2.24, 2.45) is 0 Å². The highest BCUT2D eigenvalue weighted by Crippen LogP contribution is 2.30. The first-order valence-electron chi connectivity index (χ1n) is 6.76. The number of anilines is 1. The Balaban J connectivity index is 2.22. The highest BCUT2D eigenvalue weighted by Gasteiger charge is 2.15. The summed E-state index contributed by atoms with van der Waals surface area (Å²) >= 11 is 6.26. The number of hydrogen-bond acceptors (Lipinski definition) is 2. The van der Waals surface area contributed by atoms with Crippen LogP contribution in [0.15, 0.2) is 48.5 Å². The first-order valence-corrected chi connectivity index (χ1v) is 7.13. The summed E-state index contributed by atoms with van der Waals surface area (Å²) in [4.78, 5) is 2.17. The number of halogens is 1. The molecule has 2 rings (SSSR count). The minimum Gasteiger partial charge on any atom is -0.389 e. The van der Waals surface area contributed by atoms with Crippen LogP contribution in [0.1, 0.15) is 37.1 Å². The summed E-state index contributed by atoms with van der Waals surface area (Å²) in [5.74, 6) is 0.